The number of anilines is 1. The van der Waals surface area contributed by atoms with E-state index in [1.54, 1.807) is 12.1 Å². The van der Waals surface area contributed by atoms with Crippen LogP contribution in [0.5, 0.6) is 11.5 Å². The lowest BCUT2D eigenvalue weighted by Gasteiger charge is -2.07. The standard InChI is InChI=1S/C11H14N4O3/c1-17-7-3-5-6(4-8(7)18-2)14-10(9(5)12)11(16)15-13/h3-4,14H,12-13H2,1-2H3,(H,15,16). The molecule has 0 saturated heterocycles. The smallest absolute Gasteiger partial charge is 0.283 e. The lowest BCUT2D eigenvalue weighted by molar-refractivity contribution is 0.0950. The first-order valence-electron chi connectivity index (χ1n) is 5.16. The van der Waals surface area contributed by atoms with Gasteiger partial charge < -0.3 is 20.2 Å². The Morgan fingerprint density at radius 3 is 2.44 bits per heavy atom. The molecule has 0 saturated carbocycles. The van der Waals surface area contributed by atoms with Crippen molar-refractivity contribution in [1.82, 2.24) is 10.4 Å². The second-order valence-electron chi connectivity index (χ2n) is 3.64. The summed E-state index contributed by atoms with van der Waals surface area (Å²) in [5.74, 6) is 5.68. The maximum absolute atomic E-state index is 11.5. The third-order valence-electron chi connectivity index (χ3n) is 2.70. The highest BCUT2D eigenvalue weighted by atomic mass is 16.5. The van der Waals surface area contributed by atoms with E-state index in [2.05, 4.69) is 4.98 Å². The van der Waals surface area contributed by atoms with Crippen LogP contribution in [0, 0.1) is 0 Å². The Morgan fingerprint density at radius 2 is 1.89 bits per heavy atom. The number of benzene rings is 1. The van der Waals surface area contributed by atoms with E-state index >= 15 is 0 Å². The SMILES string of the molecule is COc1cc2[nH]c(C(=O)NN)c(N)c2cc1OC. The van der Waals surface area contributed by atoms with Gasteiger partial charge in [0.25, 0.3) is 5.91 Å². The highest BCUT2D eigenvalue weighted by Gasteiger charge is 2.17. The summed E-state index contributed by atoms with van der Waals surface area (Å²) in [5.41, 5.74) is 9.11. The van der Waals surface area contributed by atoms with Crippen molar-refractivity contribution in [3.8, 4) is 11.5 Å². The summed E-state index contributed by atoms with van der Waals surface area (Å²) in [4.78, 5) is 14.4. The van der Waals surface area contributed by atoms with Gasteiger partial charge in [-0.3, -0.25) is 10.2 Å². The van der Waals surface area contributed by atoms with Crippen LogP contribution >= 0.6 is 0 Å². The number of methoxy groups -OCH3 is 2. The summed E-state index contributed by atoms with van der Waals surface area (Å²) in [6.45, 7) is 0. The van der Waals surface area contributed by atoms with E-state index in [1.165, 1.54) is 14.2 Å². The topological polar surface area (TPSA) is 115 Å². The largest absolute Gasteiger partial charge is 0.493 e. The molecule has 7 heteroatoms. The van der Waals surface area contributed by atoms with Gasteiger partial charge in [-0.15, -0.1) is 0 Å². The van der Waals surface area contributed by atoms with Gasteiger partial charge in [0, 0.05) is 11.5 Å². The molecule has 0 bridgehead atoms. The predicted molar refractivity (Wildman–Crippen MR) is 67.5 cm³/mol. The van der Waals surface area contributed by atoms with Crippen LogP contribution in [0.15, 0.2) is 12.1 Å². The molecular weight excluding hydrogens is 236 g/mol. The number of carbonyl (C=O) groups is 1. The maximum Gasteiger partial charge on any atom is 0.283 e. The molecule has 0 radical (unpaired) electrons. The Labute approximate surface area is 103 Å². The zero-order chi connectivity index (χ0) is 13.3. The molecule has 2 aromatic rings. The predicted octanol–water partition coefficient (Wildman–Crippen LogP) is 0.371. The van der Waals surface area contributed by atoms with E-state index < -0.39 is 5.91 Å². The number of nitrogens with one attached hydrogen (secondary N) is 2. The highest BCUT2D eigenvalue weighted by molar-refractivity contribution is 6.07. The van der Waals surface area contributed by atoms with Crippen LogP contribution in [-0.4, -0.2) is 25.1 Å². The first-order chi connectivity index (χ1) is 8.62. The molecule has 1 aromatic heterocycles. The number of H-pyrrole nitrogens is 1. The Kier molecular flexibility index (Phi) is 2.99. The van der Waals surface area contributed by atoms with Crippen LogP contribution in [0.4, 0.5) is 5.69 Å². The fourth-order valence-electron chi connectivity index (χ4n) is 1.79. The molecule has 0 unspecified atom stereocenters. The summed E-state index contributed by atoms with van der Waals surface area (Å²) in [6, 6.07) is 3.41. The molecule has 7 nitrogen and oxygen atoms in total. The Hall–Kier alpha value is -2.41. The minimum Gasteiger partial charge on any atom is -0.493 e. The molecule has 0 aliphatic heterocycles. The molecule has 1 heterocycles. The number of nitrogens with two attached hydrogens (primary N) is 2. The van der Waals surface area contributed by atoms with Crippen molar-refractivity contribution in [2.24, 2.45) is 5.84 Å². The van der Waals surface area contributed by atoms with Gasteiger partial charge in [-0.2, -0.15) is 0 Å². The van der Waals surface area contributed by atoms with E-state index in [-0.39, 0.29) is 5.69 Å². The van der Waals surface area contributed by atoms with Crippen LogP contribution < -0.4 is 26.5 Å². The Bertz CT molecular complexity index is 606. The van der Waals surface area contributed by atoms with E-state index in [1.807, 2.05) is 5.43 Å². The molecule has 0 aliphatic carbocycles. The molecule has 6 N–H and O–H groups in total. The minimum atomic E-state index is -0.485. The van der Waals surface area contributed by atoms with Gasteiger partial charge in [-0.25, -0.2) is 5.84 Å². The number of amides is 1. The quantitative estimate of drug-likeness (QED) is 0.357. The summed E-state index contributed by atoms with van der Waals surface area (Å²) in [5, 5.41) is 0.672. The molecule has 96 valence electrons. The molecule has 0 aliphatic rings. The number of hydrazine groups is 1. The summed E-state index contributed by atoms with van der Waals surface area (Å²) in [6.07, 6.45) is 0. The van der Waals surface area contributed by atoms with Gasteiger partial charge in [0.15, 0.2) is 11.5 Å². The molecule has 0 spiro atoms. The van der Waals surface area contributed by atoms with Crippen molar-refractivity contribution in [2.75, 3.05) is 20.0 Å². The van der Waals surface area contributed by atoms with E-state index in [0.717, 1.165) is 0 Å². The van der Waals surface area contributed by atoms with Gasteiger partial charge >= 0.3 is 0 Å². The highest BCUT2D eigenvalue weighted by Crippen LogP contribution is 2.35. The second kappa shape index (κ2) is 4.46. The zero-order valence-corrected chi connectivity index (χ0v) is 10.0. The number of aromatic nitrogens is 1. The average molecular weight is 250 g/mol. The number of aromatic amines is 1. The van der Waals surface area contributed by atoms with Crippen LogP contribution in [-0.2, 0) is 0 Å². The van der Waals surface area contributed by atoms with Crippen molar-refractivity contribution >= 4 is 22.5 Å². The van der Waals surface area contributed by atoms with E-state index in [9.17, 15) is 4.79 Å². The molecule has 2 rings (SSSR count). The Morgan fingerprint density at radius 1 is 1.28 bits per heavy atom. The monoisotopic (exact) mass is 250 g/mol. The molecule has 0 fully saturated rings. The number of hydrogen-bond acceptors (Lipinski definition) is 5. The average Bonchev–Trinajstić information content (AvgIpc) is 2.73. The number of hydrogen-bond donors (Lipinski definition) is 4. The van der Waals surface area contributed by atoms with Crippen molar-refractivity contribution in [3.63, 3.8) is 0 Å². The fraction of sp³-hybridized carbons (Fsp3) is 0.182. The minimum absolute atomic E-state index is 0.211. The van der Waals surface area contributed by atoms with Gasteiger partial charge in [-0.05, 0) is 6.07 Å². The summed E-state index contributed by atoms with van der Waals surface area (Å²) < 4.78 is 10.3. The van der Waals surface area contributed by atoms with Crippen molar-refractivity contribution in [3.05, 3.63) is 17.8 Å². The lowest BCUT2D eigenvalue weighted by Crippen LogP contribution is -2.30. The lowest BCUT2D eigenvalue weighted by atomic mass is 10.2. The molecule has 18 heavy (non-hydrogen) atoms. The van der Waals surface area contributed by atoms with Crippen molar-refractivity contribution in [2.45, 2.75) is 0 Å². The van der Waals surface area contributed by atoms with Crippen molar-refractivity contribution < 1.29 is 14.3 Å². The van der Waals surface area contributed by atoms with Gasteiger partial charge in [0.1, 0.15) is 5.69 Å². The van der Waals surface area contributed by atoms with E-state index in [4.69, 9.17) is 21.1 Å². The zero-order valence-electron chi connectivity index (χ0n) is 10.0. The summed E-state index contributed by atoms with van der Waals surface area (Å²) in [7, 11) is 3.06. The molecule has 1 aromatic carbocycles. The first kappa shape index (κ1) is 12.1. The van der Waals surface area contributed by atoms with Gasteiger partial charge in [0.2, 0.25) is 0 Å². The van der Waals surface area contributed by atoms with E-state index in [0.29, 0.717) is 28.1 Å². The van der Waals surface area contributed by atoms with Crippen LogP contribution in [0.2, 0.25) is 0 Å². The molecule has 1 amide bonds. The van der Waals surface area contributed by atoms with Crippen LogP contribution in [0.25, 0.3) is 10.9 Å². The van der Waals surface area contributed by atoms with Crippen LogP contribution in [0.1, 0.15) is 10.5 Å². The first-order valence-corrected chi connectivity index (χ1v) is 5.16. The molecule has 0 atom stereocenters. The number of fused-ring (bicyclic) bond motifs is 1. The summed E-state index contributed by atoms with van der Waals surface area (Å²) >= 11 is 0. The van der Waals surface area contributed by atoms with Gasteiger partial charge in [-0.1, -0.05) is 0 Å². The second-order valence-corrected chi connectivity index (χ2v) is 3.64. The van der Waals surface area contributed by atoms with Gasteiger partial charge in [0.05, 0.1) is 25.4 Å². The number of nitrogen functional groups attached to an aromatic ring is 2. The molecular formula is C11H14N4O3. The van der Waals surface area contributed by atoms with Crippen LogP contribution in [0.3, 0.4) is 0 Å². The third-order valence-corrected chi connectivity index (χ3v) is 2.70. The Balaban J connectivity index is 2.69. The fourth-order valence-corrected chi connectivity index (χ4v) is 1.79. The normalized spacial score (nSPS) is 10.4. The number of rotatable bonds is 3. The number of ether oxygens (including phenoxy) is 2. The number of carbonyl (C=O) groups excluding carboxylic acids is 1. The third kappa shape index (κ3) is 1.70. The van der Waals surface area contributed by atoms with Crippen molar-refractivity contribution in [1.29, 1.82) is 0 Å². The maximum atomic E-state index is 11.5.